The fraction of sp³-hybridized carbons (Fsp3) is 0.875. The van der Waals surface area contributed by atoms with Crippen LogP contribution in [0.25, 0.3) is 0 Å². The number of hydrogen-bond acceptors (Lipinski definition) is 8. The van der Waals surface area contributed by atoms with Crippen LogP contribution in [0.1, 0.15) is 53.4 Å². The van der Waals surface area contributed by atoms with E-state index in [0.29, 0.717) is 6.42 Å². The van der Waals surface area contributed by atoms with Gasteiger partial charge in [-0.05, 0) is 27.2 Å². The largest absolute Gasteiger partial charge is 0.465 e. The first kappa shape index (κ1) is 24.1. The molecule has 0 saturated carbocycles. The third-order valence-electron chi connectivity index (χ3n) is 3.25. The lowest BCUT2D eigenvalue weighted by Gasteiger charge is -2.24. The molecule has 0 aliphatic rings. The molecule has 0 bridgehead atoms. The molecule has 0 aliphatic heterocycles. The topological polar surface area (TPSA) is 108 Å². The highest BCUT2D eigenvalue weighted by atomic mass is 31.2. The van der Waals surface area contributed by atoms with Crippen LogP contribution in [0.15, 0.2) is 0 Å². The van der Waals surface area contributed by atoms with Crippen molar-refractivity contribution in [3.63, 3.8) is 0 Å². The molecule has 0 rings (SSSR count). The van der Waals surface area contributed by atoms with E-state index in [1.54, 1.807) is 20.8 Å². The number of carbonyl (C=O) groups excluding carboxylic acids is 2. The van der Waals surface area contributed by atoms with Gasteiger partial charge in [0.15, 0.2) is 5.66 Å². The molecule has 0 aromatic rings. The molecular weight excluding hydrogens is 351 g/mol. The monoisotopic (exact) mass is 382 g/mol. The molecule has 0 saturated heterocycles. The van der Waals surface area contributed by atoms with Crippen LogP contribution in [-0.2, 0) is 32.7 Å². The SMILES string of the molecule is CCCCC(O)COC(=O)CC(C(=O)OCC)P(=O)(OCC)OCC. The Hall–Kier alpha value is -0.950. The summed E-state index contributed by atoms with van der Waals surface area (Å²) in [5.41, 5.74) is -1.40. The highest BCUT2D eigenvalue weighted by molar-refractivity contribution is 7.55. The minimum Gasteiger partial charge on any atom is -0.465 e. The minimum atomic E-state index is -3.87. The number of carbonyl (C=O) groups is 2. The van der Waals surface area contributed by atoms with Gasteiger partial charge in [0.1, 0.15) is 6.61 Å². The Labute approximate surface area is 149 Å². The first-order valence-corrected chi connectivity index (χ1v) is 10.3. The number of hydrogen-bond donors (Lipinski definition) is 1. The zero-order chi connectivity index (χ0) is 19.3. The number of unbranched alkanes of at least 4 members (excludes halogenated alkanes) is 1. The van der Waals surface area contributed by atoms with E-state index >= 15 is 0 Å². The summed E-state index contributed by atoms with van der Waals surface area (Å²) in [6.45, 7) is 6.80. The van der Waals surface area contributed by atoms with Crippen LogP contribution >= 0.6 is 7.60 Å². The summed E-state index contributed by atoms with van der Waals surface area (Å²) in [4.78, 5) is 24.2. The minimum absolute atomic E-state index is 0.0535. The zero-order valence-corrected chi connectivity index (χ0v) is 16.5. The second kappa shape index (κ2) is 13.3. The Kier molecular flexibility index (Phi) is 12.8. The summed E-state index contributed by atoms with van der Waals surface area (Å²) in [5.74, 6) is -1.61. The molecule has 0 fully saturated rings. The van der Waals surface area contributed by atoms with E-state index in [2.05, 4.69) is 0 Å². The number of aliphatic hydroxyl groups is 1. The fourth-order valence-electron chi connectivity index (χ4n) is 2.07. The van der Waals surface area contributed by atoms with Crippen molar-refractivity contribution in [1.82, 2.24) is 0 Å². The smallest absolute Gasteiger partial charge is 0.345 e. The van der Waals surface area contributed by atoms with Gasteiger partial charge in [-0.15, -0.1) is 0 Å². The lowest BCUT2D eigenvalue weighted by Crippen LogP contribution is -2.30. The Morgan fingerprint density at radius 2 is 1.60 bits per heavy atom. The first-order valence-electron chi connectivity index (χ1n) is 8.73. The van der Waals surface area contributed by atoms with Gasteiger partial charge >= 0.3 is 19.5 Å². The Bertz CT molecular complexity index is 430. The summed E-state index contributed by atoms with van der Waals surface area (Å²) in [6.07, 6.45) is 0.976. The summed E-state index contributed by atoms with van der Waals surface area (Å²) in [7, 11) is -3.87. The van der Waals surface area contributed by atoms with Crippen LogP contribution in [0.4, 0.5) is 0 Å². The van der Waals surface area contributed by atoms with E-state index in [4.69, 9.17) is 18.5 Å². The molecule has 2 unspecified atom stereocenters. The van der Waals surface area contributed by atoms with Gasteiger partial charge in [-0.3, -0.25) is 14.2 Å². The van der Waals surface area contributed by atoms with Crippen molar-refractivity contribution in [2.45, 2.75) is 65.1 Å². The van der Waals surface area contributed by atoms with E-state index in [0.717, 1.165) is 12.8 Å². The quantitative estimate of drug-likeness (QED) is 0.361. The Morgan fingerprint density at radius 3 is 2.08 bits per heavy atom. The van der Waals surface area contributed by atoms with Crippen molar-refractivity contribution in [3.8, 4) is 0 Å². The molecule has 148 valence electrons. The fourth-order valence-corrected chi connectivity index (χ4v) is 3.93. The highest BCUT2D eigenvalue weighted by Gasteiger charge is 2.44. The lowest BCUT2D eigenvalue weighted by atomic mass is 10.2. The number of esters is 2. The van der Waals surface area contributed by atoms with Crippen molar-refractivity contribution in [1.29, 1.82) is 0 Å². The second-order valence-electron chi connectivity index (χ2n) is 5.33. The van der Waals surface area contributed by atoms with Gasteiger partial charge in [-0.2, -0.15) is 0 Å². The molecular formula is C16H31O8P. The zero-order valence-electron chi connectivity index (χ0n) is 15.6. The van der Waals surface area contributed by atoms with E-state index < -0.39 is 37.7 Å². The Balaban J connectivity index is 4.96. The van der Waals surface area contributed by atoms with Gasteiger partial charge in [-0.1, -0.05) is 19.8 Å². The van der Waals surface area contributed by atoms with Crippen molar-refractivity contribution in [2.75, 3.05) is 26.4 Å². The van der Waals surface area contributed by atoms with Gasteiger partial charge in [-0.25, -0.2) is 0 Å². The van der Waals surface area contributed by atoms with Crippen molar-refractivity contribution < 1.29 is 37.8 Å². The third-order valence-corrected chi connectivity index (χ3v) is 5.64. The van der Waals surface area contributed by atoms with Crippen LogP contribution in [0, 0.1) is 0 Å². The van der Waals surface area contributed by atoms with Gasteiger partial charge in [0, 0.05) is 0 Å². The molecule has 0 radical (unpaired) electrons. The third kappa shape index (κ3) is 9.35. The van der Waals surface area contributed by atoms with Crippen molar-refractivity contribution >= 4 is 19.5 Å². The van der Waals surface area contributed by atoms with E-state index in [9.17, 15) is 19.3 Å². The summed E-state index contributed by atoms with van der Waals surface area (Å²) in [5, 5.41) is 9.71. The molecule has 0 aliphatic carbocycles. The number of ether oxygens (including phenoxy) is 2. The lowest BCUT2D eigenvalue weighted by molar-refractivity contribution is -0.152. The second-order valence-corrected chi connectivity index (χ2v) is 7.55. The molecule has 0 spiro atoms. The van der Waals surface area contributed by atoms with Crippen LogP contribution in [0.2, 0.25) is 0 Å². The maximum absolute atomic E-state index is 12.8. The van der Waals surface area contributed by atoms with Gasteiger partial charge < -0.3 is 23.6 Å². The van der Waals surface area contributed by atoms with Crippen molar-refractivity contribution in [2.24, 2.45) is 0 Å². The van der Waals surface area contributed by atoms with Crippen LogP contribution in [0.5, 0.6) is 0 Å². The molecule has 25 heavy (non-hydrogen) atoms. The van der Waals surface area contributed by atoms with Gasteiger partial charge in [0.2, 0.25) is 0 Å². The average molecular weight is 382 g/mol. The van der Waals surface area contributed by atoms with Gasteiger partial charge in [0.05, 0.1) is 32.3 Å². The normalized spacial score (nSPS) is 14.0. The molecule has 0 heterocycles. The summed E-state index contributed by atoms with van der Waals surface area (Å²) < 4.78 is 33.0. The van der Waals surface area contributed by atoms with Crippen molar-refractivity contribution in [3.05, 3.63) is 0 Å². The average Bonchev–Trinajstić information content (AvgIpc) is 2.56. The predicted molar refractivity (Wildman–Crippen MR) is 92.4 cm³/mol. The first-order chi connectivity index (χ1) is 11.8. The predicted octanol–water partition coefficient (Wildman–Crippen LogP) is 2.67. The van der Waals surface area contributed by atoms with Crippen LogP contribution < -0.4 is 0 Å². The standard InChI is InChI=1S/C16H31O8P/c1-5-9-10-13(17)12-22-15(18)11-14(16(19)21-6-2)25(20,23-7-3)24-8-4/h13-14,17H,5-12H2,1-4H3. The van der Waals surface area contributed by atoms with Crippen LogP contribution in [-0.4, -0.2) is 55.2 Å². The number of rotatable bonds is 14. The maximum Gasteiger partial charge on any atom is 0.345 e. The maximum atomic E-state index is 12.8. The molecule has 2 atom stereocenters. The summed E-state index contributed by atoms with van der Waals surface area (Å²) in [6, 6.07) is 0. The molecule has 0 aromatic heterocycles. The summed E-state index contributed by atoms with van der Waals surface area (Å²) >= 11 is 0. The van der Waals surface area contributed by atoms with E-state index in [1.165, 1.54) is 0 Å². The van der Waals surface area contributed by atoms with E-state index in [1.807, 2.05) is 6.92 Å². The molecule has 1 N–H and O–H groups in total. The van der Waals surface area contributed by atoms with Crippen LogP contribution in [0.3, 0.4) is 0 Å². The van der Waals surface area contributed by atoms with Gasteiger partial charge in [0.25, 0.3) is 0 Å². The highest BCUT2D eigenvalue weighted by Crippen LogP contribution is 2.54. The molecule has 0 aromatic carbocycles. The molecule has 0 amide bonds. The number of aliphatic hydroxyl groups excluding tert-OH is 1. The molecule has 9 heteroatoms. The molecule has 8 nitrogen and oxygen atoms in total. The Morgan fingerprint density at radius 1 is 1.00 bits per heavy atom. The van der Waals surface area contributed by atoms with E-state index in [-0.39, 0.29) is 26.4 Å².